The topological polar surface area (TPSA) is 32.8 Å². The van der Waals surface area contributed by atoms with Crippen LogP contribution in [0.1, 0.15) is 18.4 Å². The Kier molecular flexibility index (Phi) is 4.10. The normalized spacial score (nSPS) is 29.8. The van der Waals surface area contributed by atoms with Crippen molar-refractivity contribution in [3.63, 3.8) is 0 Å². The number of amides is 1. The van der Waals surface area contributed by atoms with Crippen LogP contribution < -0.4 is 0 Å². The molecule has 2 fully saturated rings. The molecular formula is C15H22N2O2S. The average molecular weight is 294 g/mol. The van der Waals surface area contributed by atoms with Crippen molar-refractivity contribution in [2.45, 2.75) is 37.5 Å². The summed E-state index contributed by atoms with van der Waals surface area (Å²) in [7, 11) is 4.15. The van der Waals surface area contributed by atoms with Gasteiger partial charge in [-0.1, -0.05) is 0 Å². The van der Waals surface area contributed by atoms with E-state index < -0.39 is 0 Å². The lowest BCUT2D eigenvalue weighted by atomic mass is 10.0. The molecule has 3 atom stereocenters. The van der Waals surface area contributed by atoms with Crippen LogP contribution in [0.3, 0.4) is 0 Å². The molecule has 0 saturated carbocycles. The highest BCUT2D eigenvalue weighted by Crippen LogP contribution is 2.31. The van der Waals surface area contributed by atoms with Gasteiger partial charge in [0.05, 0.1) is 24.6 Å². The lowest BCUT2D eigenvalue weighted by Gasteiger charge is -2.33. The van der Waals surface area contributed by atoms with Gasteiger partial charge in [0, 0.05) is 13.2 Å². The van der Waals surface area contributed by atoms with Gasteiger partial charge in [-0.15, -0.1) is 0 Å². The maximum absolute atomic E-state index is 12.6. The predicted molar refractivity (Wildman–Crippen MR) is 80.0 cm³/mol. The van der Waals surface area contributed by atoms with E-state index in [9.17, 15) is 4.79 Å². The highest BCUT2D eigenvalue weighted by molar-refractivity contribution is 7.07. The number of fused-ring (bicyclic) bond motifs is 1. The summed E-state index contributed by atoms with van der Waals surface area (Å²) in [6.45, 7) is 1.63. The first-order valence-electron chi connectivity index (χ1n) is 7.25. The van der Waals surface area contributed by atoms with Crippen LogP contribution in [0, 0.1) is 0 Å². The third kappa shape index (κ3) is 2.62. The van der Waals surface area contributed by atoms with Gasteiger partial charge in [-0.25, -0.2) is 0 Å². The second kappa shape index (κ2) is 5.84. The summed E-state index contributed by atoms with van der Waals surface area (Å²) >= 11 is 1.65. The summed E-state index contributed by atoms with van der Waals surface area (Å²) in [5.41, 5.74) is 1.13. The SMILES string of the molecule is CN(C)[C@@H]1CN(C(=O)Cc2ccsc2)[C@@H]2CCCO[C@H]12. The molecule has 0 radical (unpaired) electrons. The molecule has 1 aromatic rings. The van der Waals surface area contributed by atoms with Crippen LogP contribution in [0.2, 0.25) is 0 Å². The molecule has 0 spiro atoms. The van der Waals surface area contributed by atoms with E-state index in [4.69, 9.17) is 4.74 Å². The molecule has 0 aliphatic carbocycles. The molecule has 0 unspecified atom stereocenters. The third-order valence-corrected chi connectivity index (χ3v) is 5.15. The van der Waals surface area contributed by atoms with Crippen molar-refractivity contribution < 1.29 is 9.53 Å². The van der Waals surface area contributed by atoms with Crippen molar-refractivity contribution in [2.24, 2.45) is 0 Å². The van der Waals surface area contributed by atoms with Crippen molar-refractivity contribution >= 4 is 17.2 Å². The second-order valence-electron chi connectivity index (χ2n) is 5.93. The van der Waals surface area contributed by atoms with Crippen LogP contribution in [0.15, 0.2) is 16.8 Å². The molecule has 0 bridgehead atoms. The minimum absolute atomic E-state index is 0.185. The molecule has 3 rings (SSSR count). The van der Waals surface area contributed by atoms with Gasteiger partial charge in [-0.05, 0) is 49.3 Å². The molecule has 2 saturated heterocycles. The number of hydrogen-bond donors (Lipinski definition) is 0. The zero-order chi connectivity index (χ0) is 14.1. The highest BCUT2D eigenvalue weighted by atomic mass is 32.1. The van der Waals surface area contributed by atoms with Crippen molar-refractivity contribution in [1.29, 1.82) is 0 Å². The number of thiophene rings is 1. The van der Waals surface area contributed by atoms with Gasteiger partial charge in [0.25, 0.3) is 0 Å². The van der Waals surface area contributed by atoms with E-state index in [1.54, 1.807) is 11.3 Å². The van der Waals surface area contributed by atoms with Gasteiger partial charge < -0.3 is 14.5 Å². The summed E-state index contributed by atoms with van der Waals surface area (Å²) in [5.74, 6) is 0.244. The first-order valence-corrected chi connectivity index (χ1v) is 8.19. The number of carbonyl (C=O) groups is 1. The lowest BCUT2D eigenvalue weighted by Crippen LogP contribution is -2.46. The Bertz CT molecular complexity index is 460. The number of hydrogen-bond acceptors (Lipinski definition) is 4. The van der Waals surface area contributed by atoms with Gasteiger partial charge in [-0.3, -0.25) is 4.79 Å². The maximum Gasteiger partial charge on any atom is 0.227 e. The molecule has 3 heterocycles. The molecule has 2 aliphatic heterocycles. The number of likely N-dealkylation sites (tertiary alicyclic amines) is 1. The van der Waals surface area contributed by atoms with Crippen LogP contribution in [0.5, 0.6) is 0 Å². The maximum atomic E-state index is 12.6. The number of likely N-dealkylation sites (N-methyl/N-ethyl adjacent to an activating group) is 1. The van der Waals surface area contributed by atoms with E-state index in [0.29, 0.717) is 12.5 Å². The van der Waals surface area contributed by atoms with Gasteiger partial charge >= 0.3 is 0 Å². The Morgan fingerprint density at radius 1 is 1.55 bits per heavy atom. The minimum Gasteiger partial charge on any atom is -0.374 e. The van der Waals surface area contributed by atoms with E-state index in [-0.39, 0.29) is 18.1 Å². The highest BCUT2D eigenvalue weighted by Gasteiger charge is 2.46. The van der Waals surface area contributed by atoms with Crippen LogP contribution in [-0.4, -0.2) is 61.1 Å². The van der Waals surface area contributed by atoms with Crippen molar-refractivity contribution in [3.05, 3.63) is 22.4 Å². The van der Waals surface area contributed by atoms with E-state index in [2.05, 4.69) is 29.3 Å². The van der Waals surface area contributed by atoms with Gasteiger partial charge in [0.2, 0.25) is 5.91 Å². The van der Waals surface area contributed by atoms with Crippen molar-refractivity contribution in [2.75, 3.05) is 27.2 Å². The smallest absolute Gasteiger partial charge is 0.227 e. The molecule has 4 nitrogen and oxygen atoms in total. The zero-order valence-electron chi connectivity index (χ0n) is 12.1. The standard InChI is InChI=1S/C15H22N2O2S/c1-16(2)13-9-17(12-4-3-6-19-15(12)13)14(18)8-11-5-7-20-10-11/h5,7,10,12-13,15H,3-4,6,8-9H2,1-2H3/t12-,13-,15+/m1/s1. The molecule has 110 valence electrons. The minimum atomic E-state index is 0.185. The molecule has 20 heavy (non-hydrogen) atoms. The number of carbonyl (C=O) groups excluding carboxylic acids is 1. The number of rotatable bonds is 3. The molecule has 5 heteroatoms. The van der Waals surface area contributed by atoms with Crippen LogP contribution >= 0.6 is 11.3 Å². The fraction of sp³-hybridized carbons (Fsp3) is 0.667. The van der Waals surface area contributed by atoms with E-state index in [0.717, 1.165) is 31.6 Å². The zero-order valence-corrected chi connectivity index (χ0v) is 12.9. The monoisotopic (exact) mass is 294 g/mol. The fourth-order valence-corrected chi connectivity index (χ4v) is 4.01. The summed E-state index contributed by atoms with van der Waals surface area (Å²) in [6.07, 6.45) is 2.84. The lowest BCUT2D eigenvalue weighted by molar-refractivity contribution is -0.133. The van der Waals surface area contributed by atoms with Gasteiger partial charge in [-0.2, -0.15) is 11.3 Å². The van der Waals surface area contributed by atoms with Crippen LogP contribution in [-0.2, 0) is 16.0 Å². The van der Waals surface area contributed by atoms with Crippen LogP contribution in [0.25, 0.3) is 0 Å². The van der Waals surface area contributed by atoms with E-state index in [1.165, 1.54) is 0 Å². The molecular weight excluding hydrogens is 272 g/mol. The summed E-state index contributed by atoms with van der Waals surface area (Å²) in [4.78, 5) is 16.8. The third-order valence-electron chi connectivity index (χ3n) is 4.42. The van der Waals surface area contributed by atoms with Crippen molar-refractivity contribution in [3.8, 4) is 0 Å². The predicted octanol–water partition coefficient (Wildman–Crippen LogP) is 1.61. The summed E-state index contributed by atoms with van der Waals surface area (Å²) < 4.78 is 5.96. The average Bonchev–Trinajstić information content (AvgIpc) is 3.05. The molecule has 0 aromatic carbocycles. The first kappa shape index (κ1) is 14.0. The number of ether oxygens (including phenoxy) is 1. The van der Waals surface area contributed by atoms with E-state index in [1.807, 2.05) is 11.4 Å². The quantitative estimate of drug-likeness (QED) is 0.849. The molecule has 0 N–H and O–H groups in total. The summed E-state index contributed by atoms with van der Waals surface area (Å²) in [5, 5.41) is 4.09. The molecule has 1 amide bonds. The number of nitrogens with zero attached hydrogens (tertiary/aromatic N) is 2. The Morgan fingerprint density at radius 2 is 2.40 bits per heavy atom. The largest absolute Gasteiger partial charge is 0.374 e. The molecule has 1 aromatic heterocycles. The molecule has 2 aliphatic rings. The Hall–Kier alpha value is -0.910. The van der Waals surface area contributed by atoms with Gasteiger partial charge in [0.1, 0.15) is 0 Å². The summed E-state index contributed by atoms with van der Waals surface area (Å²) in [6, 6.07) is 2.63. The Morgan fingerprint density at radius 3 is 3.10 bits per heavy atom. The first-order chi connectivity index (χ1) is 9.66. The van der Waals surface area contributed by atoms with E-state index >= 15 is 0 Å². The Balaban J connectivity index is 1.73. The second-order valence-corrected chi connectivity index (χ2v) is 6.71. The fourth-order valence-electron chi connectivity index (χ4n) is 3.34. The van der Waals surface area contributed by atoms with Crippen LogP contribution in [0.4, 0.5) is 0 Å². The van der Waals surface area contributed by atoms with Gasteiger partial charge in [0.15, 0.2) is 0 Å². The Labute approximate surface area is 124 Å². The van der Waals surface area contributed by atoms with Crippen molar-refractivity contribution in [1.82, 2.24) is 9.80 Å².